The van der Waals surface area contributed by atoms with Crippen LogP contribution in [-0.2, 0) is 4.79 Å². The molecular formula is C30H48O6. The highest BCUT2D eigenvalue weighted by Crippen LogP contribution is 2.75. The van der Waals surface area contributed by atoms with Gasteiger partial charge in [0.1, 0.15) is 5.78 Å². The van der Waals surface area contributed by atoms with Crippen LogP contribution in [-0.4, -0.2) is 62.3 Å². The SMILES string of the molecule is CC1(C)C[C@H]2C3=CC[C@@H]4[C@@]5(C)CCC(=O)C(C)(C)[C@@H]5CC[C@@]4(C)[C@]3(C)[C@@H](O)[C@@H](O)[C@@]2(CO)[C@@H](O)[C@@H]1O. The molecule has 0 bridgehead atoms. The van der Waals surface area contributed by atoms with E-state index in [2.05, 4.69) is 40.7 Å². The molecule has 0 radical (unpaired) electrons. The highest BCUT2D eigenvalue weighted by Gasteiger charge is 2.74. The third-order valence-electron chi connectivity index (χ3n) is 13.3. The maximum absolute atomic E-state index is 12.9. The van der Waals surface area contributed by atoms with Gasteiger partial charge in [0.2, 0.25) is 0 Å². The number of carbonyl (C=O) groups is 1. The largest absolute Gasteiger partial charge is 0.396 e. The fourth-order valence-corrected chi connectivity index (χ4v) is 10.8. The van der Waals surface area contributed by atoms with Gasteiger partial charge in [0.15, 0.2) is 0 Å². The minimum Gasteiger partial charge on any atom is -0.396 e. The smallest absolute Gasteiger partial charge is 0.138 e. The van der Waals surface area contributed by atoms with E-state index in [0.717, 1.165) is 31.3 Å². The molecule has 0 aromatic heterocycles. The molecule has 0 saturated heterocycles. The van der Waals surface area contributed by atoms with E-state index in [-0.39, 0.29) is 34.0 Å². The molecule has 5 N–H and O–H groups in total. The minimum atomic E-state index is -1.41. The molecule has 5 rings (SSSR count). The van der Waals surface area contributed by atoms with Crippen molar-refractivity contribution in [3.63, 3.8) is 0 Å². The zero-order valence-electron chi connectivity index (χ0n) is 23.2. The van der Waals surface area contributed by atoms with Gasteiger partial charge in [0.05, 0.1) is 36.4 Å². The van der Waals surface area contributed by atoms with Crippen LogP contribution in [0.3, 0.4) is 0 Å². The molecule has 204 valence electrons. The van der Waals surface area contributed by atoms with Gasteiger partial charge in [-0.1, -0.05) is 60.1 Å². The Bertz CT molecular complexity index is 986. The van der Waals surface area contributed by atoms with Crippen molar-refractivity contribution in [1.29, 1.82) is 0 Å². The van der Waals surface area contributed by atoms with E-state index in [1.807, 2.05) is 13.8 Å². The van der Waals surface area contributed by atoms with Gasteiger partial charge in [0.25, 0.3) is 0 Å². The predicted octanol–water partition coefficient (Wildman–Crippen LogP) is 3.23. The average Bonchev–Trinajstić information content (AvgIpc) is 2.80. The first kappa shape index (κ1) is 26.8. The first-order chi connectivity index (χ1) is 16.5. The monoisotopic (exact) mass is 504 g/mol. The van der Waals surface area contributed by atoms with E-state index in [9.17, 15) is 30.3 Å². The van der Waals surface area contributed by atoms with Gasteiger partial charge in [-0.3, -0.25) is 4.79 Å². The van der Waals surface area contributed by atoms with Crippen molar-refractivity contribution in [1.82, 2.24) is 0 Å². The molecule has 0 spiro atoms. The lowest BCUT2D eigenvalue weighted by Crippen LogP contribution is -2.75. The second-order valence-electron chi connectivity index (χ2n) is 15.1. The van der Waals surface area contributed by atoms with Gasteiger partial charge < -0.3 is 25.5 Å². The van der Waals surface area contributed by atoms with Gasteiger partial charge >= 0.3 is 0 Å². The third-order valence-corrected chi connectivity index (χ3v) is 13.3. The number of fused-ring (bicyclic) bond motifs is 7. The van der Waals surface area contributed by atoms with E-state index in [1.54, 1.807) is 0 Å². The van der Waals surface area contributed by atoms with Crippen LogP contribution in [0.5, 0.6) is 0 Å². The molecule has 11 atom stereocenters. The Morgan fingerprint density at radius 2 is 1.47 bits per heavy atom. The Balaban J connectivity index is 1.68. The summed E-state index contributed by atoms with van der Waals surface area (Å²) in [5, 5.41) is 56.7. The molecule has 4 fully saturated rings. The second kappa shape index (κ2) is 7.65. The predicted molar refractivity (Wildman–Crippen MR) is 137 cm³/mol. The Morgan fingerprint density at radius 3 is 2.08 bits per heavy atom. The van der Waals surface area contributed by atoms with Crippen molar-refractivity contribution in [3.05, 3.63) is 11.6 Å². The highest BCUT2D eigenvalue weighted by molar-refractivity contribution is 5.85. The Kier molecular flexibility index (Phi) is 5.70. The van der Waals surface area contributed by atoms with Crippen LogP contribution in [0, 0.1) is 50.2 Å². The van der Waals surface area contributed by atoms with Gasteiger partial charge in [-0.05, 0) is 66.1 Å². The number of rotatable bonds is 1. The van der Waals surface area contributed by atoms with Crippen molar-refractivity contribution in [2.75, 3.05) is 6.61 Å². The Morgan fingerprint density at radius 1 is 0.861 bits per heavy atom. The van der Waals surface area contributed by atoms with Gasteiger partial charge in [-0.15, -0.1) is 0 Å². The summed E-state index contributed by atoms with van der Waals surface area (Å²) in [6.07, 6.45) is 1.72. The summed E-state index contributed by atoms with van der Waals surface area (Å²) >= 11 is 0. The van der Waals surface area contributed by atoms with Crippen LogP contribution in [0.25, 0.3) is 0 Å². The van der Waals surface area contributed by atoms with Crippen molar-refractivity contribution < 1.29 is 30.3 Å². The Labute approximate surface area is 216 Å². The highest BCUT2D eigenvalue weighted by atomic mass is 16.4. The molecule has 0 aromatic rings. The number of hydrogen-bond donors (Lipinski definition) is 5. The Hall–Kier alpha value is -0.790. The molecule has 5 aliphatic rings. The van der Waals surface area contributed by atoms with Crippen LogP contribution in [0.4, 0.5) is 0 Å². The maximum atomic E-state index is 12.9. The van der Waals surface area contributed by atoms with E-state index in [0.29, 0.717) is 18.6 Å². The molecule has 4 saturated carbocycles. The third kappa shape index (κ3) is 2.79. The number of carbonyl (C=O) groups excluding carboxylic acids is 1. The lowest BCUT2D eigenvalue weighted by molar-refractivity contribution is -0.285. The number of aliphatic hydroxyl groups excluding tert-OH is 5. The molecule has 0 unspecified atom stereocenters. The second-order valence-corrected chi connectivity index (χ2v) is 15.1. The topological polar surface area (TPSA) is 118 Å². The molecule has 36 heavy (non-hydrogen) atoms. The van der Waals surface area contributed by atoms with Gasteiger partial charge in [0, 0.05) is 17.3 Å². The molecule has 6 nitrogen and oxygen atoms in total. The van der Waals surface area contributed by atoms with Crippen molar-refractivity contribution in [3.8, 4) is 0 Å². The molecule has 0 amide bonds. The molecule has 0 heterocycles. The lowest BCUT2D eigenvalue weighted by Gasteiger charge is -2.73. The molecule has 5 aliphatic carbocycles. The fourth-order valence-electron chi connectivity index (χ4n) is 10.8. The lowest BCUT2D eigenvalue weighted by atomic mass is 9.32. The average molecular weight is 505 g/mol. The summed E-state index contributed by atoms with van der Waals surface area (Å²) in [7, 11) is 0. The van der Waals surface area contributed by atoms with Crippen molar-refractivity contribution >= 4 is 5.78 Å². The fraction of sp³-hybridized carbons (Fsp3) is 0.900. The summed E-state index contributed by atoms with van der Waals surface area (Å²) in [6, 6.07) is 0. The normalized spacial score (nSPS) is 55.5. The van der Waals surface area contributed by atoms with Crippen LogP contribution >= 0.6 is 0 Å². The first-order valence-corrected chi connectivity index (χ1v) is 14.0. The summed E-state index contributed by atoms with van der Waals surface area (Å²) in [5.74, 6) is 0.507. The van der Waals surface area contributed by atoms with Crippen LogP contribution in [0.2, 0.25) is 0 Å². The summed E-state index contributed by atoms with van der Waals surface area (Å²) < 4.78 is 0. The van der Waals surface area contributed by atoms with Crippen molar-refractivity contribution in [2.24, 2.45) is 50.2 Å². The number of allylic oxidation sites excluding steroid dienone is 1. The van der Waals surface area contributed by atoms with Crippen LogP contribution in [0.15, 0.2) is 11.6 Å². The molecule has 0 aliphatic heterocycles. The van der Waals surface area contributed by atoms with E-state index in [4.69, 9.17) is 0 Å². The quantitative estimate of drug-likeness (QED) is 0.350. The standard InChI is InChI=1S/C30H48O6/c1-25(2)14-17-16-8-9-19-27(5)12-11-20(32)26(3,4)18(27)10-13-28(19,6)29(16,7)22(34)24(36)30(17,15-31)23(35)21(25)33/h8,17-19,21-24,31,33-36H,9-15H2,1-7H3/t17-,18-,19+,21-,22-,23-,24+,27-,28+,29-,30+/m0/s1. The number of Topliss-reactive ketones (excluding diaryl/α,β-unsaturated/α-hetero) is 1. The summed E-state index contributed by atoms with van der Waals surface area (Å²) in [4.78, 5) is 12.9. The summed E-state index contributed by atoms with van der Waals surface area (Å²) in [6.45, 7) is 14.3. The number of hydrogen-bond acceptors (Lipinski definition) is 6. The molecule has 0 aromatic carbocycles. The first-order valence-electron chi connectivity index (χ1n) is 14.0. The maximum Gasteiger partial charge on any atom is 0.138 e. The van der Waals surface area contributed by atoms with E-state index >= 15 is 0 Å². The van der Waals surface area contributed by atoms with Crippen molar-refractivity contribution in [2.45, 2.75) is 111 Å². The number of ketones is 1. The number of aliphatic hydroxyl groups is 5. The van der Waals surface area contributed by atoms with Gasteiger partial charge in [-0.25, -0.2) is 0 Å². The van der Waals surface area contributed by atoms with Crippen LogP contribution < -0.4 is 0 Å². The minimum absolute atomic E-state index is 0.0623. The zero-order chi connectivity index (χ0) is 26.9. The summed E-state index contributed by atoms with van der Waals surface area (Å²) in [5.41, 5.74) is -2.51. The van der Waals surface area contributed by atoms with Gasteiger partial charge in [-0.2, -0.15) is 0 Å². The van der Waals surface area contributed by atoms with Crippen LogP contribution in [0.1, 0.15) is 87.0 Å². The van der Waals surface area contributed by atoms with E-state index < -0.39 is 47.3 Å². The molecular weight excluding hydrogens is 456 g/mol. The zero-order valence-corrected chi connectivity index (χ0v) is 23.2. The molecule has 6 heteroatoms. The van der Waals surface area contributed by atoms with E-state index in [1.165, 1.54) is 0 Å².